The summed E-state index contributed by atoms with van der Waals surface area (Å²) in [5.74, 6) is 0. The fraction of sp³-hybridized carbons (Fsp3) is 0.500. The molecule has 1 fully saturated rings. The zero-order valence-corrected chi connectivity index (χ0v) is 12.6. The van der Waals surface area contributed by atoms with E-state index in [-0.39, 0.29) is 0 Å². The number of ether oxygens (including phenoxy) is 1. The monoisotopic (exact) mass is 285 g/mol. The molecular formula is C18H23NO2. The Morgan fingerprint density at radius 3 is 2.81 bits per heavy atom. The van der Waals surface area contributed by atoms with Crippen LogP contribution in [-0.4, -0.2) is 22.3 Å². The van der Waals surface area contributed by atoms with Crippen molar-refractivity contribution < 1.29 is 9.84 Å². The summed E-state index contributed by atoms with van der Waals surface area (Å²) in [5.41, 5.74) is 1.42. The molecule has 0 aliphatic heterocycles. The molecule has 0 saturated heterocycles. The number of fused-ring (bicyclic) bond motifs is 1. The van der Waals surface area contributed by atoms with E-state index in [0.717, 1.165) is 42.1 Å². The lowest BCUT2D eigenvalue weighted by Gasteiger charge is -2.41. The third-order valence-corrected chi connectivity index (χ3v) is 4.58. The van der Waals surface area contributed by atoms with E-state index in [1.807, 2.05) is 37.3 Å². The fourth-order valence-electron chi connectivity index (χ4n) is 3.49. The quantitative estimate of drug-likeness (QED) is 0.923. The number of hydrogen-bond acceptors (Lipinski definition) is 3. The Bertz CT molecular complexity index is 599. The van der Waals surface area contributed by atoms with E-state index in [0.29, 0.717) is 6.61 Å². The minimum absolute atomic E-state index is 0.421. The second-order valence-corrected chi connectivity index (χ2v) is 5.92. The van der Waals surface area contributed by atoms with Gasteiger partial charge in [-0.05, 0) is 37.5 Å². The molecule has 1 unspecified atom stereocenters. The number of rotatable bonds is 4. The molecule has 3 nitrogen and oxygen atoms in total. The summed E-state index contributed by atoms with van der Waals surface area (Å²) in [6.45, 7) is 2.65. The Morgan fingerprint density at radius 2 is 2.05 bits per heavy atom. The first-order chi connectivity index (χ1) is 10.2. The van der Waals surface area contributed by atoms with Crippen molar-refractivity contribution in [1.29, 1.82) is 0 Å². The average molecular weight is 285 g/mol. The lowest BCUT2D eigenvalue weighted by atomic mass is 9.78. The maximum Gasteiger partial charge on any atom is 0.108 e. The van der Waals surface area contributed by atoms with Crippen molar-refractivity contribution in [3.8, 4) is 0 Å². The van der Waals surface area contributed by atoms with Crippen LogP contribution in [0.15, 0.2) is 36.5 Å². The van der Waals surface area contributed by atoms with Crippen LogP contribution in [0.5, 0.6) is 0 Å². The number of aliphatic hydroxyl groups excluding tert-OH is 1. The first-order valence-corrected chi connectivity index (χ1v) is 7.92. The third-order valence-electron chi connectivity index (χ3n) is 4.58. The predicted molar refractivity (Wildman–Crippen MR) is 84.1 cm³/mol. The highest BCUT2D eigenvalue weighted by atomic mass is 16.5. The molecule has 2 aromatic rings. The third kappa shape index (κ3) is 2.81. The molecule has 1 aliphatic rings. The Balaban J connectivity index is 1.95. The molecule has 1 atom stereocenters. The molecule has 3 rings (SSSR count). The molecule has 1 heterocycles. The summed E-state index contributed by atoms with van der Waals surface area (Å²) < 4.78 is 6.03. The van der Waals surface area contributed by atoms with Crippen LogP contribution in [0.25, 0.3) is 10.9 Å². The Hall–Kier alpha value is -1.45. The van der Waals surface area contributed by atoms with Gasteiger partial charge in [0.15, 0.2) is 0 Å². The van der Waals surface area contributed by atoms with E-state index in [2.05, 4.69) is 4.98 Å². The SMILES string of the molecule is CCOC1(C(O)c2ccc3cccnc3c2)CCCCC1. The van der Waals surface area contributed by atoms with Crippen LogP contribution in [0, 0.1) is 0 Å². The molecule has 1 N–H and O–H groups in total. The zero-order chi connectivity index (χ0) is 14.7. The Morgan fingerprint density at radius 1 is 1.24 bits per heavy atom. The Labute approximate surface area is 126 Å². The zero-order valence-electron chi connectivity index (χ0n) is 12.6. The molecule has 0 amide bonds. The predicted octanol–water partition coefficient (Wildman–Crippen LogP) is 4.01. The summed E-state index contributed by atoms with van der Waals surface area (Å²) in [5, 5.41) is 12.0. The normalized spacial score (nSPS) is 19.5. The van der Waals surface area contributed by atoms with Gasteiger partial charge in [0.05, 0.1) is 11.1 Å². The molecule has 0 radical (unpaired) electrons. The largest absolute Gasteiger partial charge is 0.385 e. The fourth-order valence-corrected chi connectivity index (χ4v) is 3.49. The first kappa shape index (κ1) is 14.5. The molecular weight excluding hydrogens is 262 g/mol. The van der Waals surface area contributed by atoms with Crippen molar-refractivity contribution in [2.24, 2.45) is 0 Å². The second kappa shape index (κ2) is 6.12. The lowest BCUT2D eigenvalue weighted by Crippen LogP contribution is -2.41. The molecule has 3 heteroatoms. The van der Waals surface area contributed by atoms with Crippen LogP contribution < -0.4 is 0 Å². The minimum Gasteiger partial charge on any atom is -0.385 e. The standard InChI is InChI=1S/C18H23NO2/c1-2-21-18(10-4-3-5-11-18)17(20)15-9-8-14-7-6-12-19-16(14)13-15/h6-9,12-13,17,20H,2-5,10-11H2,1H3. The van der Waals surface area contributed by atoms with Gasteiger partial charge in [0.2, 0.25) is 0 Å². The van der Waals surface area contributed by atoms with Gasteiger partial charge in [0.25, 0.3) is 0 Å². The van der Waals surface area contributed by atoms with E-state index >= 15 is 0 Å². The van der Waals surface area contributed by atoms with Crippen molar-refractivity contribution in [3.63, 3.8) is 0 Å². The summed E-state index contributed by atoms with van der Waals surface area (Å²) >= 11 is 0. The molecule has 112 valence electrons. The van der Waals surface area contributed by atoms with Gasteiger partial charge in [-0.15, -0.1) is 0 Å². The number of aromatic nitrogens is 1. The molecule has 1 aromatic carbocycles. The van der Waals surface area contributed by atoms with Gasteiger partial charge in [-0.3, -0.25) is 4.98 Å². The van der Waals surface area contributed by atoms with Crippen molar-refractivity contribution in [3.05, 3.63) is 42.1 Å². The maximum absolute atomic E-state index is 10.9. The highest BCUT2D eigenvalue weighted by Crippen LogP contribution is 2.41. The van der Waals surface area contributed by atoms with Crippen LogP contribution in [0.3, 0.4) is 0 Å². The maximum atomic E-state index is 10.9. The van der Waals surface area contributed by atoms with E-state index < -0.39 is 11.7 Å². The molecule has 1 aliphatic carbocycles. The van der Waals surface area contributed by atoms with E-state index in [1.54, 1.807) is 6.20 Å². The Kier molecular flexibility index (Phi) is 4.22. The topological polar surface area (TPSA) is 42.4 Å². The van der Waals surface area contributed by atoms with Gasteiger partial charge < -0.3 is 9.84 Å². The van der Waals surface area contributed by atoms with E-state index in [1.165, 1.54) is 6.42 Å². The van der Waals surface area contributed by atoms with Crippen LogP contribution in [-0.2, 0) is 4.74 Å². The van der Waals surface area contributed by atoms with E-state index in [9.17, 15) is 5.11 Å². The number of aliphatic hydroxyl groups is 1. The molecule has 21 heavy (non-hydrogen) atoms. The highest BCUT2D eigenvalue weighted by Gasteiger charge is 2.40. The lowest BCUT2D eigenvalue weighted by molar-refractivity contribution is -0.141. The van der Waals surface area contributed by atoms with Gasteiger partial charge in [-0.25, -0.2) is 0 Å². The minimum atomic E-state index is -0.579. The number of hydrogen-bond donors (Lipinski definition) is 1. The molecule has 0 spiro atoms. The van der Waals surface area contributed by atoms with Crippen LogP contribution in [0.2, 0.25) is 0 Å². The summed E-state index contributed by atoms with van der Waals surface area (Å²) in [6.07, 6.45) is 6.57. The number of pyridine rings is 1. The van der Waals surface area contributed by atoms with Crippen molar-refractivity contribution >= 4 is 10.9 Å². The molecule has 0 bridgehead atoms. The van der Waals surface area contributed by atoms with Crippen molar-refractivity contribution in [1.82, 2.24) is 4.98 Å². The summed E-state index contributed by atoms with van der Waals surface area (Å²) in [7, 11) is 0. The second-order valence-electron chi connectivity index (χ2n) is 5.92. The van der Waals surface area contributed by atoms with Crippen LogP contribution in [0.4, 0.5) is 0 Å². The van der Waals surface area contributed by atoms with Crippen LogP contribution in [0.1, 0.15) is 50.7 Å². The van der Waals surface area contributed by atoms with Gasteiger partial charge in [-0.1, -0.05) is 37.5 Å². The van der Waals surface area contributed by atoms with E-state index in [4.69, 9.17) is 4.74 Å². The number of nitrogens with zero attached hydrogens (tertiary/aromatic N) is 1. The average Bonchev–Trinajstić information content (AvgIpc) is 2.55. The first-order valence-electron chi connectivity index (χ1n) is 7.92. The van der Waals surface area contributed by atoms with Crippen molar-refractivity contribution in [2.75, 3.05) is 6.61 Å². The van der Waals surface area contributed by atoms with Crippen molar-refractivity contribution in [2.45, 2.75) is 50.7 Å². The summed E-state index contributed by atoms with van der Waals surface area (Å²) in [4.78, 5) is 4.39. The molecule has 1 aromatic heterocycles. The van der Waals surface area contributed by atoms with Gasteiger partial charge in [0, 0.05) is 18.2 Å². The smallest absolute Gasteiger partial charge is 0.108 e. The summed E-state index contributed by atoms with van der Waals surface area (Å²) in [6, 6.07) is 10.0. The number of benzene rings is 1. The van der Waals surface area contributed by atoms with Gasteiger partial charge in [0.1, 0.15) is 6.10 Å². The molecule has 1 saturated carbocycles. The van der Waals surface area contributed by atoms with Gasteiger partial charge >= 0.3 is 0 Å². The van der Waals surface area contributed by atoms with Gasteiger partial charge in [-0.2, -0.15) is 0 Å². The van der Waals surface area contributed by atoms with Crippen LogP contribution >= 0.6 is 0 Å². The highest BCUT2D eigenvalue weighted by molar-refractivity contribution is 5.79.